The molecule has 28 heavy (non-hydrogen) atoms. The van der Waals surface area contributed by atoms with Crippen molar-refractivity contribution in [1.82, 2.24) is 14.9 Å². The number of aromatic nitrogens is 2. The Bertz CT molecular complexity index is 1090. The van der Waals surface area contributed by atoms with E-state index in [2.05, 4.69) is 46.5 Å². The first-order chi connectivity index (χ1) is 13.8. The molecule has 5 heteroatoms. The van der Waals surface area contributed by atoms with Gasteiger partial charge in [-0.3, -0.25) is 4.79 Å². The van der Waals surface area contributed by atoms with Gasteiger partial charge < -0.3 is 9.88 Å². The Kier molecular flexibility index (Phi) is 4.61. The van der Waals surface area contributed by atoms with E-state index in [-0.39, 0.29) is 5.91 Å². The van der Waals surface area contributed by atoms with E-state index in [1.807, 2.05) is 23.1 Å². The van der Waals surface area contributed by atoms with Crippen LogP contribution < -0.4 is 0 Å². The molecule has 0 radical (unpaired) electrons. The van der Waals surface area contributed by atoms with Gasteiger partial charge in [-0.2, -0.15) is 0 Å². The fourth-order valence-electron chi connectivity index (χ4n) is 4.27. The molecule has 4 nitrogen and oxygen atoms in total. The summed E-state index contributed by atoms with van der Waals surface area (Å²) in [5.74, 6) is 0.793. The minimum absolute atomic E-state index is 0.261. The van der Waals surface area contributed by atoms with Crippen molar-refractivity contribution in [2.24, 2.45) is 0 Å². The van der Waals surface area contributed by atoms with E-state index in [0.29, 0.717) is 12.3 Å². The zero-order chi connectivity index (χ0) is 18.9. The first kappa shape index (κ1) is 17.4. The van der Waals surface area contributed by atoms with E-state index >= 15 is 0 Å². The van der Waals surface area contributed by atoms with Crippen molar-refractivity contribution in [1.29, 1.82) is 0 Å². The SMILES string of the molecule is O=C(CCc1nc2ccccc2s1)N1CCC(c2c[nH]c3ccccc23)CC1. The van der Waals surface area contributed by atoms with E-state index in [1.165, 1.54) is 21.2 Å². The van der Waals surface area contributed by atoms with Crippen molar-refractivity contribution in [3.8, 4) is 0 Å². The van der Waals surface area contributed by atoms with Crippen molar-refractivity contribution >= 4 is 38.4 Å². The van der Waals surface area contributed by atoms with Crippen molar-refractivity contribution in [3.05, 3.63) is 65.3 Å². The van der Waals surface area contributed by atoms with Crippen LogP contribution in [0.5, 0.6) is 0 Å². The molecule has 3 heterocycles. The number of rotatable bonds is 4. The van der Waals surface area contributed by atoms with Crippen LogP contribution >= 0.6 is 11.3 Å². The van der Waals surface area contributed by atoms with Crippen molar-refractivity contribution in [3.63, 3.8) is 0 Å². The van der Waals surface area contributed by atoms with Gasteiger partial charge in [0.1, 0.15) is 0 Å². The third-order valence-electron chi connectivity index (χ3n) is 5.80. The highest BCUT2D eigenvalue weighted by molar-refractivity contribution is 7.18. The second-order valence-corrected chi connectivity index (χ2v) is 8.64. The number of piperidine rings is 1. The molecule has 1 N–H and O–H groups in total. The van der Waals surface area contributed by atoms with Crippen LogP contribution in [0.15, 0.2) is 54.7 Å². The number of hydrogen-bond acceptors (Lipinski definition) is 3. The molecule has 0 spiro atoms. The van der Waals surface area contributed by atoms with Gasteiger partial charge in [0.15, 0.2) is 0 Å². The maximum absolute atomic E-state index is 12.7. The third-order valence-corrected chi connectivity index (χ3v) is 6.90. The Hall–Kier alpha value is -2.66. The lowest BCUT2D eigenvalue weighted by Gasteiger charge is -2.32. The number of amides is 1. The number of nitrogens with one attached hydrogen (secondary N) is 1. The molecule has 0 atom stereocenters. The number of thiazole rings is 1. The number of fused-ring (bicyclic) bond motifs is 2. The molecular weight excluding hydrogens is 366 g/mol. The van der Waals surface area contributed by atoms with Gasteiger partial charge in [0.25, 0.3) is 0 Å². The van der Waals surface area contributed by atoms with Gasteiger partial charge in [0, 0.05) is 43.0 Å². The monoisotopic (exact) mass is 389 g/mol. The normalized spacial score (nSPS) is 15.5. The van der Waals surface area contributed by atoms with Crippen LogP contribution in [0.25, 0.3) is 21.1 Å². The van der Waals surface area contributed by atoms with Gasteiger partial charge >= 0.3 is 0 Å². The van der Waals surface area contributed by atoms with Crippen LogP contribution in [-0.4, -0.2) is 33.9 Å². The molecule has 2 aromatic heterocycles. The summed E-state index contributed by atoms with van der Waals surface area (Å²) < 4.78 is 1.20. The van der Waals surface area contributed by atoms with Gasteiger partial charge in [-0.05, 0) is 42.5 Å². The molecule has 2 aromatic carbocycles. The summed E-state index contributed by atoms with van der Waals surface area (Å²) in [6.07, 6.45) is 5.52. The highest BCUT2D eigenvalue weighted by atomic mass is 32.1. The molecule has 0 unspecified atom stereocenters. The number of carbonyl (C=O) groups excluding carboxylic acids is 1. The van der Waals surface area contributed by atoms with E-state index in [1.54, 1.807) is 11.3 Å². The number of aromatic amines is 1. The number of likely N-dealkylation sites (tertiary alicyclic amines) is 1. The Morgan fingerprint density at radius 3 is 2.75 bits per heavy atom. The van der Waals surface area contributed by atoms with Crippen molar-refractivity contribution in [2.75, 3.05) is 13.1 Å². The number of carbonyl (C=O) groups is 1. The Balaban J connectivity index is 1.19. The summed E-state index contributed by atoms with van der Waals surface area (Å²) in [7, 11) is 0. The highest BCUT2D eigenvalue weighted by Crippen LogP contribution is 2.33. The minimum atomic E-state index is 0.261. The average Bonchev–Trinajstić information content (AvgIpc) is 3.36. The van der Waals surface area contributed by atoms with E-state index < -0.39 is 0 Å². The standard InChI is InChI=1S/C23H23N3OS/c27-23(10-9-22-25-20-7-3-4-8-21(20)28-22)26-13-11-16(12-14-26)18-15-24-19-6-2-1-5-17(18)19/h1-8,15-16,24H,9-14H2. The number of benzene rings is 2. The summed E-state index contributed by atoms with van der Waals surface area (Å²) in [6.45, 7) is 1.70. The fourth-order valence-corrected chi connectivity index (χ4v) is 5.24. The van der Waals surface area contributed by atoms with Crippen LogP contribution in [0, 0.1) is 0 Å². The molecule has 0 aliphatic carbocycles. The average molecular weight is 390 g/mol. The van der Waals surface area contributed by atoms with E-state index in [9.17, 15) is 4.79 Å². The first-order valence-electron chi connectivity index (χ1n) is 9.96. The largest absolute Gasteiger partial charge is 0.361 e. The van der Waals surface area contributed by atoms with Crippen LogP contribution in [0.3, 0.4) is 0 Å². The van der Waals surface area contributed by atoms with Crippen LogP contribution in [0.2, 0.25) is 0 Å². The molecular formula is C23H23N3OS. The molecule has 1 saturated heterocycles. The number of hydrogen-bond donors (Lipinski definition) is 1. The molecule has 1 aliphatic heterocycles. The molecule has 5 rings (SSSR count). The highest BCUT2D eigenvalue weighted by Gasteiger charge is 2.25. The molecule has 1 amide bonds. The number of nitrogens with zero attached hydrogens (tertiary/aromatic N) is 2. The minimum Gasteiger partial charge on any atom is -0.361 e. The Morgan fingerprint density at radius 1 is 1.11 bits per heavy atom. The van der Waals surface area contributed by atoms with Crippen molar-refractivity contribution in [2.45, 2.75) is 31.6 Å². The van der Waals surface area contributed by atoms with Gasteiger partial charge in [0.2, 0.25) is 5.91 Å². The van der Waals surface area contributed by atoms with E-state index in [4.69, 9.17) is 0 Å². The smallest absolute Gasteiger partial charge is 0.222 e. The zero-order valence-electron chi connectivity index (χ0n) is 15.7. The predicted molar refractivity (Wildman–Crippen MR) is 115 cm³/mol. The molecule has 1 aliphatic rings. The molecule has 1 fully saturated rings. The summed E-state index contributed by atoms with van der Waals surface area (Å²) in [6, 6.07) is 16.6. The molecule has 0 saturated carbocycles. The zero-order valence-corrected chi connectivity index (χ0v) is 16.5. The summed E-state index contributed by atoms with van der Waals surface area (Å²) in [5.41, 5.74) is 3.64. The van der Waals surface area contributed by atoms with E-state index in [0.717, 1.165) is 42.9 Å². The third kappa shape index (κ3) is 3.31. The number of H-pyrrole nitrogens is 1. The maximum Gasteiger partial charge on any atom is 0.222 e. The van der Waals surface area contributed by atoms with Gasteiger partial charge in [-0.15, -0.1) is 11.3 Å². The topological polar surface area (TPSA) is 49.0 Å². The number of para-hydroxylation sites is 2. The maximum atomic E-state index is 12.7. The Labute approximate surface area is 168 Å². The number of aryl methyl sites for hydroxylation is 1. The lowest BCUT2D eigenvalue weighted by atomic mass is 9.89. The second-order valence-electron chi connectivity index (χ2n) is 7.52. The quantitative estimate of drug-likeness (QED) is 0.527. The second kappa shape index (κ2) is 7.40. The predicted octanol–water partition coefficient (Wildman–Crippen LogP) is 5.12. The van der Waals surface area contributed by atoms with Crippen molar-refractivity contribution < 1.29 is 4.79 Å². The summed E-state index contributed by atoms with van der Waals surface area (Å²) in [4.78, 5) is 22.8. The Morgan fingerprint density at radius 2 is 1.89 bits per heavy atom. The lowest BCUT2D eigenvalue weighted by molar-refractivity contribution is -0.132. The van der Waals surface area contributed by atoms with Gasteiger partial charge in [-0.25, -0.2) is 4.98 Å². The fraction of sp³-hybridized carbons (Fsp3) is 0.304. The van der Waals surface area contributed by atoms with Gasteiger partial charge in [-0.1, -0.05) is 30.3 Å². The van der Waals surface area contributed by atoms with Crippen LogP contribution in [0.1, 0.15) is 35.8 Å². The van der Waals surface area contributed by atoms with Crippen LogP contribution in [0.4, 0.5) is 0 Å². The molecule has 0 bridgehead atoms. The lowest BCUT2D eigenvalue weighted by Crippen LogP contribution is -2.38. The summed E-state index contributed by atoms with van der Waals surface area (Å²) in [5, 5.41) is 2.38. The first-order valence-corrected chi connectivity index (χ1v) is 10.8. The van der Waals surface area contributed by atoms with Crippen LogP contribution in [-0.2, 0) is 11.2 Å². The molecule has 4 aromatic rings. The van der Waals surface area contributed by atoms with Gasteiger partial charge in [0.05, 0.1) is 15.2 Å². The summed E-state index contributed by atoms with van der Waals surface area (Å²) >= 11 is 1.70. The molecule has 142 valence electrons.